The first-order chi connectivity index (χ1) is 12.8. The van der Waals surface area contributed by atoms with Crippen LogP contribution in [0.4, 0.5) is 0 Å². The second kappa shape index (κ2) is 6.71. The van der Waals surface area contributed by atoms with Gasteiger partial charge in [-0.3, -0.25) is 9.59 Å². The van der Waals surface area contributed by atoms with Gasteiger partial charge in [0.25, 0.3) is 0 Å². The molecule has 27 heavy (non-hydrogen) atoms. The van der Waals surface area contributed by atoms with Crippen molar-refractivity contribution in [3.63, 3.8) is 0 Å². The van der Waals surface area contributed by atoms with Crippen molar-refractivity contribution in [2.75, 3.05) is 0 Å². The van der Waals surface area contributed by atoms with Gasteiger partial charge in [0, 0.05) is 29.8 Å². The van der Waals surface area contributed by atoms with Crippen LogP contribution in [0.15, 0.2) is 32.3 Å². The van der Waals surface area contributed by atoms with E-state index in [0.29, 0.717) is 30.5 Å². The minimum Gasteiger partial charge on any atom is -0.477 e. The lowest BCUT2D eigenvalue weighted by Crippen LogP contribution is -2.21. The number of pyridine rings is 1. The third-order valence-corrected chi connectivity index (χ3v) is 4.46. The normalized spacial score (nSPS) is 11.2. The molecule has 0 aliphatic carbocycles. The molecule has 3 rings (SSSR count). The summed E-state index contributed by atoms with van der Waals surface area (Å²) in [7, 11) is 0. The van der Waals surface area contributed by atoms with E-state index < -0.39 is 28.7 Å². The molecule has 0 saturated heterocycles. The molecule has 2 N–H and O–H groups in total. The lowest BCUT2D eigenvalue weighted by molar-refractivity contribution is 0.0621. The summed E-state index contributed by atoms with van der Waals surface area (Å²) in [6, 6.07) is 2.67. The van der Waals surface area contributed by atoms with Gasteiger partial charge in [-0.2, -0.15) is 0 Å². The van der Waals surface area contributed by atoms with Gasteiger partial charge >= 0.3 is 11.9 Å². The summed E-state index contributed by atoms with van der Waals surface area (Å²) in [4.78, 5) is 48.1. The first-order valence-electron chi connectivity index (χ1n) is 8.44. The molecule has 2 heterocycles. The van der Waals surface area contributed by atoms with Gasteiger partial charge in [0.1, 0.15) is 5.58 Å². The third kappa shape index (κ3) is 2.79. The molecule has 0 aliphatic heterocycles. The van der Waals surface area contributed by atoms with E-state index in [-0.39, 0.29) is 21.8 Å². The second-order valence-corrected chi connectivity index (χ2v) is 6.09. The molecule has 2 aromatic heterocycles. The Morgan fingerprint density at radius 3 is 2.37 bits per heavy atom. The topological polar surface area (TPSA) is 127 Å². The average molecular weight is 371 g/mol. The number of rotatable bonds is 5. The average Bonchev–Trinajstić information content (AvgIpc) is 2.62. The molecule has 0 spiro atoms. The fraction of sp³-hybridized carbons (Fsp3) is 0.263. The van der Waals surface area contributed by atoms with E-state index in [1.165, 1.54) is 12.1 Å². The number of carbonyl (C=O) groups is 2. The molecule has 0 unspecified atom stereocenters. The van der Waals surface area contributed by atoms with E-state index in [0.717, 1.165) is 0 Å². The molecule has 0 amide bonds. The van der Waals surface area contributed by atoms with E-state index in [9.17, 15) is 29.4 Å². The van der Waals surface area contributed by atoms with Crippen LogP contribution >= 0.6 is 0 Å². The molecule has 3 aromatic rings. The Morgan fingerprint density at radius 1 is 1.11 bits per heavy atom. The van der Waals surface area contributed by atoms with Crippen LogP contribution in [0.5, 0.6) is 0 Å². The van der Waals surface area contributed by atoms with Crippen LogP contribution in [-0.4, -0.2) is 26.7 Å². The van der Waals surface area contributed by atoms with Crippen molar-refractivity contribution in [2.45, 2.75) is 33.2 Å². The SMILES string of the molecule is CCCc1c2oc(C(=O)O)c(C(=O)O)c(=O)c2cc2c(=O)ccn(CC)c12. The van der Waals surface area contributed by atoms with Gasteiger partial charge in [-0.05, 0) is 19.4 Å². The Labute approximate surface area is 152 Å². The molecule has 8 nitrogen and oxygen atoms in total. The zero-order valence-corrected chi connectivity index (χ0v) is 14.7. The molecule has 0 saturated carbocycles. The number of nitrogens with zero attached hydrogens (tertiary/aromatic N) is 1. The molecule has 140 valence electrons. The summed E-state index contributed by atoms with van der Waals surface area (Å²) in [6.07, 6.45) is 2.69. The molecular formula is C19H17NO7. The van der Waals surface area contributed by atoms with Crippen molar-refractivity contribution in [3.8, 4) is 0 Å². The Morgan fingerprint density at radius 2 is 1.81 bits per heavy atom. The standard InChI is InChI=1S/C19H17NO7/c1-3-5-9-14-10(12(21)6-7-20(14)4-2)8-11-15(22)13(18(23)24)17(19(25)26)27-16(9)11/h6-8H,3-5H2,1-2H3,(H,23,24)(H,25,26). The lowest BCUT2D eigenvalue weighted by atomic mass is 9.99. The number of hydrogen-bond donors (Lipinski definition) is 2. The van der Waals surface area contributed by atoms with Crippen LogP contribution in [0, 0.1) is 0 Å². The highest BCUT2D eigenvalue weighted by molar-refractivity contribution is 6.05. The first-order valence-corrected chi connectivity index (χ1v) is 8.44. The minimum absolute atomic E-state index is 0.00421. The number of benzene rings is 1. The van der Waals surface area contributed by atoms with Crippen LogP contribution in [0.25, 0.3) is 21.9 Å². The van der Waals surface area contributed by atoms with Gasteiger partial charge in [0.2, 0.25) is 11.2 Å². The summed E-state index contributed by atoms with van der Waals surface area (Å²) >= 11 is 0. The van der Waals surface area contributed by atoms with Crippen molar-refractivity contribution < 1.29 is 24.2 Å². The fourth-order valence-electron chi connectivity index (χ4n) is 3.32. The van der Waals surface area contributed by atoms with E-state index in [1.54, 1.807) is 6.20 Å². The predicted octanol–water partition coefficient (Wildman–Crippen LogP) is 2.48. The molecular weight excluding hydrogens is 354 g/mol. The number of fused-ring (bicyclic) bond motifs is 2. The molecule has 0 fully saturated rings. The lowest BCUT2D eigenvalue weighted by Gasteiger charge is -2.15. The summed E-state index contributed by atoms with van der Waals surface area (Å²) in [6.45, 7) is 4.32. The maximum atomic E-state index is 12.7. The van der Waals surface area contributed by atoms with E-state index in [4.69, 9.17) is 4.42 Å². The van der Waals surface area contributed by atoms with Crippen molar-refractivity contribution in [1.29, 1.82) is 0 Å². The molecule has 8 heteroatoms. The van der Waals surface area contributed by atoms with Gasteiger partial charge in [0.15, 0.2) is 11.0 Å². The molecule has 0 atom stereocenters. The van der Waals surface area contributed by atoms with Crippen LogP contribution in [0.2, 0.25) is 0 Å². The highest BCUT2D eigenvalue weighted by atomic mass is 16.4. The number of aromatic carboxylic acids is 2. The zero-order valence-electron chi connectivity index (χ0n) is 14.7. The van der Waals surface area contributed by atoms with Crippen molar-refractivity contribution in [1.82, 2.24) is 4.57 Å². The maximum Gasteiger partial charge on any atom is 0.372 e. The van der Waals surface area contributed by atoms with Crippen LogP contribution in [0.1, 0.15) is 46.7 Å². The quantitative estimate of drug-likeness (QED) is 0.660. The van der Waals surface area contributed by atoms with Crippen molar-refractivity contribution in [3.05, 3.63) is 55.7 Å². The zero-order chi connectivity index (χ0) is 19.9. The smallest absolute Gasteiger partial charge is 0.372 e. The van der Waals surface area contributed by atoms with E-state index >= 15 is 0 Å². The summed E-state index contributed by atoms with van der Waals surface area (Å²) < 4.78 is 7.24. The van der Waals surface area contributed by atoms with Gasteiger partial charge in [0.05, 0.1) is 10.9 Å². The highest BCUT2D eigenvalue weighted by Crippen LogP contribution is 2.28. The Bertz CT molecular complexity index is 1220. The fourth-order valence-corrected chi connectivity index (χ4v) is 3.32. The number of carboxylic acid groups (broad SMARTS) is 2. The van der Waals surface area contributed by atoms with Gasteiger partial charge < -0.3 is 19.2 Å². The van der Waals surface area contributed by atoms with Crippen LogP contribution in [-0.2, 0) is 13.0 Å². The van der Waals surface area contributed by atoms with Gasteiger partial charge in [-0.1, -0.05) is 13.3 Å². The number of hydrogen-bond acceptors (Lipinski definition) is 5. The number of carboxylic acids is 2. The Kier molecular flexibility index (Phi) is 4.57. The number of aryl methyl sites for hydroxylation is 2. The summed E-state index contributed by atoms with van der Waals surface area (Å²) in [5.74, 6) is -4.26. The Hall–Kier alpha value is -3.42. The second-order valence-electron chi connectivity index (χ2n) is 6.09. The summed E-state index contributed by atoms with van der Waals surface area (Å²) in [5.41, 5.74) is -1.17. The maximum absolute atomic E-state index is 12.7. The van der Waals surface area contributed by atoms with Gasteiger partial charge in [-0.15, -0.1) is 0 Å². The molecule has 0 radical (unpaired) electrons. The molecule has 1 aromatic carbocycles. The minimum atomic E-state index is -1.70. The monoisotopic (exact) mass is 371 g/mol. The molecule has 0 aliphatic rings. The largest absolute Gasteiger partial charge is 0.477 e. The van der Waals surface area contributed by atoms with Crippen molar-refractivity contribution >= 4 is 33.8 Å². The van der Waals surface area contributed by atoms with Gasteiger partial charge in [-0.25, -0.2) is 9.59 Å². The first kappa shape index (κ1) is 18.4. The van der Waals surface area contributed by atoms with E-state index in [1.807, 2.05) is 18.4 Å². The predicted molar refractivity (Wildman–Crippen MR) is 97.8 cm³/mol. The highest BCUT2D eigenvalue weighted by Gasteiger charge is 2.27. The Balaban J connectivity index is 2.68. The number of aromatic nitrogens is 1. The summed E-state index contributed by atoms with van der Waals surface area (Å²) in [5, 5.41) is 18.8. The molecule has 0 bridgehead atoms. The van der Waals surface area contributed by atoms with Crippen molar-refractivity contribution in [2.24, 2.45) is 0 Å². The van der Waals surface area contributed by atoms with Crippen LogP contribution in [0.3, 0.4) is 0 Å². The van der Waals surface area contributed by atoms with E-state index in [2.05, 4.69) is 0 Å². The van der Waals surface area contributed by atoms with Crippen LogP contribution < -0.4 is 10.9 Å². The third-order valence-electron chi connectivity index (χ3n) is 4.46.